The number of methoxy groups -OCH3 is 1. The molecule has 0 bridgehead atoms. The van der Waals surface area contributed by atoms with Crippen molar-refractivity contribution in [3.05, 3.63) is 71.8 Å². The molecule has 2 aromatic heterocycles. The van der Waals surface area contributed by atoms with Crippen LogP contribution < -0.4 is 14.8 Å². The zero-order valence-electron chi connectivity index (χ0n) is 18.6. The number of halogens is 1. The van der Waals surface area contributed by atoms with Crippen LogP contribution in [0.3, 0.4) is 0 Å². The van der Waals surface area contributed by atoms with Crippen LogP contribution in [0.5, 0.6) is 11.5 Å². The van der Waals surface area contributed by atoms with Crippen LogP contribution in [0.2, 0.25) is 0 Å². The molecule has 1 N–H and O–H groups in total. The molecule has 7 nitrogen and oxygen atoms in total. The van der Waals surface area contributed by atoms with Crippen molar-refractivity contribution < 1.29 is 18.7 Å². The number of carbonyl (C=O) groups excluding carboxylic acids is 1. The predicted octanol–water partition coefficient (Wildman–Crippen LogP) is 3.90. The molecule has 1 aromatic carbocycles. The molecular weight excluding hydrogens is 411 g/mol. The Morgan fingerprint density at radius 2 is 2.06 bits per heavy atom. The van der Waals surface area contributed by atoms with Crippen LogP contribution in [0.1, 0.15) is 23.5 Å². The van der Waals surface area contributed by atoms with E-state index in [-0.39, 0.29) is 11.7 Å². The molecule has 0 radical (unpaired) electrons. The van der Waals surface area contributed by atoms with Crippen molar-refractivity contribution in [1.82, 2.24) is 15.0 Å². The van der Waals surface area contributed by atoms with E-state index in [1.165, 1.54) is 12.1 Å². The fraction of sp³-hybridized carbons (Fsp3) is 0.333. The van der Waals surface area contributed by atoms with Gasteiger partial charge in [0.05, 0.1) is 43.7 Å². The van der Waals surface area contributed by atoms with E-state index in [1.54, 1.807) is 31.8 Å². The minimum atomic E-state index is -0.443. The number of hydrogen-bond acceptors (Lipinski definition) is 7. The van der Waals surface area contributed by atoms with Gasteiger partial charge in [0.1, 0.15) is 23.7 Å². The van der Waals surface area contributed by atoms with E-state index >= 15 is 0 Å². The standard InChI is InChI=1S/C17H17FN2O2.C7H10N2O/c1-11-16(8-19-12(2)20-11)22-10-17(7-14(17)9-21)13-4-3-5-15(18)6-13;1-8-6-3-7(10-2)5-9-4-6/h3-6,8-9,14H,7,10H2,1-2H3;3-5,8H,1-2H3/t14?,17-;/m1./s1. The van der Waals surface area contributed by atoms with Gasteiger partial charge in [0.15, 0.2) is 5.75 Å². The van der Waals surface area contributed by atoms with Gasteiger partial charge in [-0.2, -0.15) is 0 Å². The summed E-state index contributed by atoms with van der Waals surface area (Å²) in [6.07, 6.45) is 6.64. The Kier molecular flexibility index (Phi) is 7.35. The molecule has 168 valence electrons. The van der Waals surface area contributed by atoms with Gasteiger partial charge in [-0.1, -0.05) is 12.1 Å². The van der Waals surface area contributed by atoms with Gasteiger partial charge in [-0.3, -0.25) is 4.98 Å². The molecular formula is C24H27FN4O3. The first-order chi connectivity index (χ1) is 15.4. The summed E-state index contributed by atoms with van der Waals surface area (Å²) in [5, 5.41) is 2.96. The fourth-order valence-corrected chi connectivity index (χ4v) is 3.48. The lowest BCUT2D eigenvalue weighted by molar-refractivity contribution is -0.109. The number of aromatic nitrogens is 3. The first-order valence-electron chi connectivity index (χ1n) is 10.2. The maximum atomic E-state index is 13.5. The number of benzene rings is 1. The molecule has 0 amide bonds. The lowest BCUT2D eigenvalue weighted by atomic mass is 9.94. The van der Waals surface area contributed by atoms with Gasteiger partial charge in [-0.05, 0) is 38.0 Å². The maximum Gasteiger partial charge on any atom is 0.158 e. The predicted molar refractivity (Wildman–Crippen MR) is 120 cm³/mol. The normalized spacial score (nSPS) is 18.7. The average Bonchev–Trinajstić information content (AvgIpc) is 3.54. The highest BCUT2D eigenvalue weighted by Gasteiger charge is 2.56. The van der Waals surface area contributed by atoms with Crippen molar-refractivity contribution in [1.29, 1.82) is 0 Å². The second-order valence-electron chi connectivity index (χ2n) is 7.63. The third-order valence-corrected chi connectivity index (χ3v) is 5.48. The summed E-state index contributed by atoms with van der Waals surface area (Å²) in [6, 6.07) is 8.26. The maximum absolute atomic E-state index is 13.5. The summed E-state index contributed by atoms with van der Waals surface area (Å²) in [5.41, 5.74) is 2.07. The highest BCUT2D eigenvalue weighted by molar-refractivity contribution is 5.64. The number of rotatable bonds is 7. The molecule has 2 atom stereocenters. The van der Waals surface area contributed by atoms with E-state index in [0.29, 0.717) is 24.6 Å². The van der Waals surface area contributed by atoms with Crippen molar-refractivity contribution >= 4 is 12.0 Å². The molecule has 0 aliphatic heterocycles. The van der Waals surface area contributed by atoms with Crippen LogP contribution in [0.4, 0.5) is 10.1 Å². The molecule has 0 saturated heterocycles. The number of hydrogen-bond donors (Lipinski definition) is 1. The molecule has 4 rings (SSSR count). The Bertz CT molecular complexity index is 1060. The number of nitrogens with zero attached hydrogens (tertiary/aromatic N) is 3. The fourth-order valence-electron chi connectivity index (χ4n) is 3.48. The van der Waals surface area contributed by atoms with E-state index in [4.69, 9.17) is 9.47 Å². The second-order valence-corrected chi connectivity index (χ2v) is 7.63. The van der Waals surface area contributed by atoms with Crippen molar-refractivity contribution in [3.8, 4) is 11.5 Å². The third-order valence-electron chi connectivity index (χ3n) is 5.48. The van der Waals surface area contributed by atoms with Crippen molar-refractivity contribution in [2.24, 2.45) is 5.92 Å². The number of aryl methyl sites for hydroxylation is 2. The molecule has 2 heterocycles. The lowest BCUT2D eigenvalue weighted by Gasteiger charge is -2.18. The smallest absolute Gasteiger partial charge is 0.158 e. The number of ether oxygens (including phenoxy) is 2. The molecule has 1 aliphatic carbocycles. The Hall–Kier alpha value is -3.55. The summed E-state index contributed by atoms with van der Waals surface area (Å²) >= 11 is 0. The first-order valence-corrected chi connectivity index (χ1v) is 10.2. The van der Waals surface area contributed by atoms with Crippen LogP contribution in [0.15, 0.2) is 48.9 Å². The van der Waals surface area contributed by atoms with E-state index in [2.05, 4.69) is 20.3 Å². The number of aldehydes is 1. The van der Waals surface area contributed by atoms with E-state index in [9.17, 15) is 9.18 Å². The van der Waals surface area contributed by atoms with E-state index in [1.807, 2.05) is 33.0 Å². The van der Waals surface area contributed by atoms with Gasteiger partial charge >= 0.3 is 0 Å². The Morgan fingerprint density at radius 1 is 1.25 bits per heavy atom. The minimum absolute atomic E-state index is 0.138. The summed E-state index contributed by atoms with van der Waals surface area (Å²) in [5.74, 6) is 1.61. The molecule has 32 heavy (non-hydrogen) atoms. The molecule has 1 fully saturated rings. The number of pyridine rings is 1. The molecule has 1 aliphatic rings. The van der Waals surface area contributed by atoms with Crippen molar-refractivity contribution in [3.63, 3.8) is 0 Å². The molecule has 1 saturated carbocycles. The van der Waals surface area contributed by atoms with Crippen LogP contribution in [-0.2, 0) is 10.2 Å². The Labute approximate surface area is 187 Å². The van der Waals surface area contributed by atoms with Crippen LogP contribution in [0.25, 0.3) is 0 Å². The summed E-state index contributed by atoms with van der Waals surface area (Å²) in [7, 11) is 3.47. The molecule has 1 unspecified atom stereocenters. The van der Waals surface area contributed by atoms with Crippen molar-refractivity contribution in [2.45, 2.75) is 25.7 Å². The lowest BCUT2D eigenvalue weighted by Crippen LogP contribution is -2.21. The zero-order valence-corrected chi connectivity index (χ0v) is 18.6. The van der Waals surface area contributed by atoms with Crippen LogP contribution >= 0.6 is 0 Å². The van der Waals surface area contributed by atoms with Gasteiger partial charge in [-0.25, -0.2) is 14.4 Å². The SMILES string of the molecule is CNc1cncc(OC)c1.Cc1ncc(OC[C@@]2(c3cccc(F)c3)CC2C=O)c(C)n1. The van der Waals surface area contributed by atoms with Crippen LogP contribution in [-0.4, -0.2) is 42.0 Å². The van der Waals surface area contributed by atoms with Gasteiger partial charge in [0, 0.05) is 24.4 Å². The Morgan fingerprint density at radius 3 is 2.69 bits per heavy atom. The minimum Gasteiger partial charge on any atom is -0.495 e. The largest absolute Gasteiger partial charge is 0.495 e. The first kappa shape index (κ1) is 23.1. The van der Waals surface area contributed by atoms with E-state index < -0.39 is 5.41 Å². The summed E-state index contributed by atoms with van der Waals surface area (Å²) in [4.78, 5) is 23.5. The third kappa shape index (κ3) is 5.38. The van der Waals surface area contributed by atoms with Crippen LogP contribution in [0, 0.1) is 25.6 Å². The molecule has 8 heteroatoms. The molecule has 0 spiro atoms. The number of anilines is 1. The van der Waals surface area contributed by atoms with Gasteiger partial charge in [0.25, 0.3) is 0 Å². The quantitative estimate of drug-likeness (QED) is 0.560. The monoisotopic (exact) mass is 438 g/mol. The second kappa shape index (κ2) is 10.2. The molecule has 3 aromatic rings. The summed E-state index contributed by atoms with van der Waals surface area (Å²) in [6.45, 7) is 3.98. The number of nitrogens with one attached hydrogen (secondary N) is 1. The summed E-state index contributed by atoms with van der Waals surface area (Å²) < 4.78 is 24.3. The number of carbonyl (C=O) groups is 1. The highest BCUT2D eigenvalue weighted by Crippen LogP contribution is 2.53. The highest BCUT2D eigenvalue weighted by atomic mass is 19.1. The average molecular weight is 439 g/mol. The van der Waals surface area contributed by atoms with E-state index in [0.717, 1.165) is 29.0 Å². The van der Waals surface area contributed by atoms with Crippen molar-refractivity contribution in [2.75, 3.05) is 26.1 Å². The Balaban J connectivity index is 0.000000243. The van der Waals surface area contributed by atoms with Gasteiger partial charge in [-0.15, -0.1) is 0 Å². The van der Waals surface area contributed by atoms with Gasteiger partial charge in [0.2, 0.25) is 0 Å². The topological polar surface area (TPSA) is 86.2 Å². The van der Waals surface area contributed by atoms with Gasteiger partial charge < -0.3 is 19.6 Å². The zero-order chi connectivity index (χ0) is 23.1.